The Kier molecular flexibility index (Phi) is 4.64. The van der Waals surface area contributed by atoms with Gasteiger partial charge in [0, 0.05) is 18.7 Å². The van der Waals surface area contributed by atoms with E-state index in [0.29, 0.717) is 40.3 Å². The standard InChI is InChI=1S/C23H20N6O2/c1-24-19-9-4-3-6-15(19)14-28-20-13-25-22(26-16-10-11-16)27-21(20)29(23(28)30)17-7-5-8-18(12-17)31-2/h3-9,12-13,16H,10-11,14H2,2H3,(H,25,26,27). The molecule has 0 atom stereocenters. The van der Waals surface area contributed by atoms with Gasteiger partial charge in [0.1, 0.15) is 11.3 Å². The zero-order chi connectivity index (χ0) is 21.4. The number of para-hydroxylation sites is 1. The van der Waals surface area contributed by atoms with Gasteiger partial charge < -0.3 is 10.1 Å². The van der Waals surface area contributed by atoms with Gasteiger partial charge in [0.15, 0.2) is 11.3 Å². The lowest BCUT2D eigenvalue weighted by molar-refractivity contribution is 0.414. The van der Waals surface area contributed by atoms with Gasteiger partial charge in [0.25, 0.3) is 0 Å². The van der Waals surface area contributed by atoms with Crippen LogP contribution < -0.4 is 15.7 Å². The van der Waals surface area contributed by atoms with E-state index < -0.39 is 0 Å². The molecule has 0 aliphatic heterocycles. The van der Waals surface area contributed by atoms with Crippen molar-refractivity contribution in [1.82, 2.24) is 19.1 Å². The molecule has 0 amide bonds. The molecule has 1 saturated carbocycles. The summed E-state index contributed by atoms with van der Waals surface area (Å²) in [6.07, 6.45) is 3.86. The van der Waals surface area contributed by atoms with E-state index >= 15 is 0 Å². The van der Waals surface area contributed by atoms with Crippen molar-refractivity contribution >= 4 is 22.8 Å². The molecule has 2 heterocycles. The first kappa shape index (κ1) is 18.9. The molecular formula is C23H20N6O2. The number of rotatable bonds is 6. The fourth-order valence-corrected chi connectivity index (χ4v) is 3.57. The van der Waals surface area contributed by atoms with Gasteiger partial charge in [0.2, 0.25) is 5.95 Å². The maximum atomic E-state index is 13.6. The molecule has 0 radical (unpaired) electrons. The number of aromatic nitrogens is 4. The van der Waals surface area contributed by atoms with E-state index in [0.717, 1.165) is 18.4 Å². The van der Waals surface area contributed by atoms with E-state index in [2.05, 4.69) is 20.1 Å². The van der Waals surface area contributed by atoms with Gasteiger partial charge in [-0.3, -0.25) is 4.57 Å². The van der Waals surface area contributed by atoms with Gasteiger partial charge in [-0.05, 0) is 30.5 Å². The molecule has 0 saturated heterocycles. The number of ether oxygens (including phenoxy) is 1. The molecule has 8 nitrogen and oxygen atoms in total. The summed E-state index contributed by atoms with van der Waals surface area (Å²) in [5, 5.41) is 3.29. The Morgan fingerprint density at radius 3 is 2.84 bits per heavy atom. The molecule has 31 heavy (non-hydrogen) atoms. The summed E-state index contributed by atoms with van der Waals surface area (Å²) in [4.78, 5) is 26.3. The lowest BCUT2D eigenvalue weighted by Gasteiger charge is -2.06. The zero-order valence-corrected chi connectivity index (χ0v) is 16.9. The third-order valence-electron chi connectivity index (χ3n) is 5.34. The minimum Gasteiger partial charge on any atom is -0.497 e. The largest absolute Gasteiger partial charge is 0.497 e. The van der Waals surface area contributed by atoms with Crippen LogP contribution in [-0.4, -0.2) is 32.3 Å². The van der Waals surface area contributed by atoms with Crippen molar-refractivity contribution in [3.8, 4) is 11.4 Å². The van der Waals surface area contributed by atoms with E-state index in [1.165, 1.54) is 0 Å². The number of methoxy groups -OCH3 is 1. The summed E-state index contributed by atoms with van der Waals surface area (Å²) in [5.41, 5.74) is 2.81. The third kappa shape index (κ3) is 3.51. The highest BCUT2D eigenvalue weighted by Gasteiger charge is 2.23. The van der Waals surface area contributed by atoms with Crippen LogP contribution in [-0.2, 0) is 6.54 Å². The third-order valence-corrected chi connectivity index (χ3v) is 5.34. The van der Waals surface area contributed by atoms with Crippen molar-refractivity contribution in [3.05, 3.63) is 82.2 Å². The molecule has 2 aromatic heterocycles. The first-order valence-electron chi connectivity index (χ1n) is 10.0. The smallest absolute Gasteiger partial charge is 0.335 e. The van der Waals surface area contributed by atoms with Crippen molar-refractivity contribution in [2.24, 2.45) is 0 Å². The van der Waals surface area contributed by atoms with Gasteiger partial charge in [-0.15, -0.1) is 0 Å². The van der Waals surface area contributed by atoms with Crippen LogP contribution in [0.3, 0.4) is 0 Å². The van der Waals surface area contributed by atoms with Crippen LogP contribution in [0.15, 0.2) is 59.5 Å². The van der Waals surface area contributed by atoms with Crippen LogP contribution in [0.25, 0.3) is 21.7 Å². The SMILES string of the molecule is [C-]#[N+]c1ccccc1Cn1c(=O)n(-c2cccc(OC)c2)c2nc(NC3CC3)ncc21. The second kappa shape index (κ2) is 7.61. The second-order valence-electron chi connectivity index (χ2n) is 7.47. The highest BCUT2D eigenvalue weighted by molar-refractivity contribution is 5.75. The summed E-state index contributed by atoms with van der Waals surface area (Å²) in [6, 6.07) is 15.0. The van der Waals surface area contributed by atoms with E-state index in [-0.39, 0.29) is 12.2 Å². The van der Waals surface area contributed by atoms with Gasteiger partial charge in [-0.25, -0.2) is 19.2 Å². The van der Waals surface area contributed by atoms with Crippen molar-refractivity contribution in [2.75, 3.05) is 12.4 Å². The Morgan fingerprint density at radius 1 is 1.23 bits per heavy atom. The molecule has 1 fully saturated rings. The van der Waals surface area contributed by atoms with Crippen LogP contribution in [0.2, 0.25) is 0 Å². The normalized spacial score (nSPS) is 13.2. The maximum absolute atomic E-state index is 13.6. The van der Waals surface area contributed by atoms with Gasteiger partial charge in [-0.1, -0.05) is 30.3 Å². The number of nitrogens with zero attached hydrogens (tertiary/aromatic N) is 5. The number of anilines is 1. The van der Waals surface area contributed by atoms with Crippen molar-refractivity contribution < 1.29 is 4.74 Å². The summed E-state index contributed by atoms with van der Waals surface area (Å²) in [5.74, 6) is 1.15. The molecular weight excluding hydrogens is 392 g/mol. The minimum absolute atomic E-state index is 0.249. The summed E-state index contributed by atoms with van der Waals surface area (Å²) < 4.78 is 8.52. The molecule has 2 aromatic carbocycles. The van der Waals surface area contributed by atoms with Crippen molar-refractivity contribution in [2.45, 2.75) is 25.4 Å². The Labute approximate surface area is 178 Å². The molecule has 0 spiro atoms. The topological polar surface area (TPSA) is 78.3 Å². The van der Waals surface area contributed by atoms with Crippen LogP contribution in [0, 0.1) is 6.57 Å². The van der Waals surface area contributed by atoms with E-state index in [9.17, 15) is 4.79 Å². The number of imidazole rings is 1. The molecule has 0 bridgehead atoms. The van der Waals surface area contributed by atoms with Crippen LogP contribution >= 0.6 is 0 Å². The molecule has 154 valence electrons. The molecule has 1 aliphatic rings. The molecule has 1 aliphatic carbocycles. The number of hydrogen-bond donors (Lipinski definition) is 1. The minimum atomic E-state index is -0.249. The van der Waals surface area contributed by atoms with E-state index in [1.807, 2.05) is 36.4 Å². The second-order valence-corrected chi connectivity index (χ2v) is 7.47. The predicted molar refractivity (Wildman–Crippen MR) is 118 cm³/mol. The van der Waals surface area contributed by atoms with E-state index in [1.54, 1.807) is 34.6 Å². The maximum Gasteiger partial charge on any atom is 0.335 e. The zero-order valence-electron chi connectivity index (χ0n) is 16.9. The van der Waals surface area contributed by atoms with Crippen LogP contribution in [0.4, 0.5) is 11.6 Å². The van der Waals surface area contributed by atoms with Crippen molar-refractivity contribution in [1.29, 1.82) is 0 Å². The number of nitrogens with one attached hydrogen (secondary N) is 1. The summed E-state index contributed by atoms with van der Waals surface area (Å²) >= 11 is 0. The molecule has 4 aromatic rings. The van der Waals surface area contributed by atoms with Gasteiger partial charge in [0.05, 0.1) is 25.6 Å². The highest BCUT2D eigenvalue weighted by Crippen LogP contribution is 2.26. The summed E-state index contributed by atoms with van der Waals surface area (Å²) in [6.45, 7) is 7.69. The van der Waals surface area contributed by atoms with Crippen LogP contribution in [0.1, 0.15) is 18.4 Å². The Morgan fingerprint density at radius 2 is 2.06 bits per heavy atom. The average Bonchev–Trinajstić information content (AvgIpc) is 3.58. The highest BCUT2D eigenvalue weighted by atomic mass is 16.5. The Hall–Kier alpha value is -4.12. The van der Waals surface area contributed by atoms with Crippen LogP contribution in [0.5, 0.6) is 5.75 Å². The number of benzene rings is 2. The number of hydrogen-bond acceptors (Lipinski definition) is 5. The predicted octanol–water partition coefficient (Wildman–Crippen LogP) is 3.76. The monoisotopic (exact) mass is 412 g/mol. The molecule has 0 unspecified atom stereocenters. The molecule has 8 heteroatoms. The molecule has 1 N–H and O–H groups in total. The average molecular weight is 412 g/mol. The fourth-order valence-electron chi connectivity index (χ4n) is 3.57. The quantitative estimate of drug-likeness (QED) is 0.488. The summed E-state index contributed by atoms with van der Waals surface area (Å²) in [7, 11) is 1.59. The van der Waals surface area contributed by atoms with Gasteiger partial charge in [-0.2, -0.15) is 4.98 Å². The lowest BCUT2D eigenvalue weighted by atomic mass is 10.2. The molecule has 5 rings (SSSR count). The Bertz CT molecular complexity index is 1380. The number of fused-ring (bicyclic) bond motifs is 1. The fraction of sp³-hybridized carbons (Fsp3) is 0.217. The lowest BCUT2D eigenvalue weighted by Crippen LogP contribution is -2.23. The first-order chi connectivity index (χ1) is 15.2. The first-order valence-corrected chi connectivity index (χ1v) is 10.0. The Balaban J connectivity index is 1.71. The van der Waals surface area contributed by atoms with E-state index in [4.69, 9.17) is 11.3 Å². The van der Waals surface area contributed by atoms with Gasteiger partial charge >= 0.3 is 5.69 Å². The van der Waals surface area contributed by atoms with Crippen molar-refractivity contribution in [3.63, 3.8) is 0 Å².